The number of hydrogen-bond donors (Lipinski definition) is 0. The van der Waals surface area contributed by atoms with Crippen molar-refractivity contribution in [1.29, 1.82) is 0 Å². The van der Waals surface area contributed by atoms with Crippen LogP contribution in [0, 0.1) is 0 Å². The number of benzene rings is 6. The van der Waals surface area contributed by atoms with Gasteiger partial charge in [-0.3, -0.25) is 0 Å². The fourth-order valence-corrected chi connectivity index (χ4v) is 7.86. The van der Waals surface area contributed by atoms with E-state index in [-0.39, 0.29) is 0 Å². The van der Waals surface area contributed by atoms with Gasteiger partial charge in [0, 0.05) is 20.2 Å². The van der Waals surface area contributed by atoms with Crippen molar-refractivity contribution in [2.24, 2.45) is 0 Å². The summed E-state index contributed by atoms with van der Waals surface area (Å²) in [6.45, 7) is 0. The minimum Gasteiger partial charge on any atom is -0.135 e. The highest BCUT2D eigenvalue weighted by atomic mass is 32.1. The second-order valence-electron chi connectivity index (χ2n) is 11.1. The van der Waals surface area contributed by atoms with Gasteiger partial charge in [0.05, 0.1) is 0 Å². The topological polar surface area (TPSA) is 0 Å². The Hall–Kier alpha value is -4.98. The predicted octanol–water partition coefficient (Wildman–Crippen LogP) is 10.2. The van der Waals surface area contributed by atoms with Crippen molar-refractivity contribution >= 4 is 53.4 Å². The maximum Gasteiger partial charge on any atom is 0.0361 e. The summed E-state index contributed by atoms with van der Waals surface area (Å²) < 4.78 is 2.69. The normalized spacial score (nSPS) is 17.6. The zero-order valence-corrected chi connectivity index (χ0v) is 24.7. The van der Waals surface area contributed by atoms with Crippen LogP contribution in [-0.4, -0.2) is 0 Å². The smallest absolute Gasteiger partial charge is 0.0361 e. The van der Waals surface area contributed by atoms with Crippen molar-refractivity contribution in [2.45, 2.75) is 12.8 Å². The van der Waals surface area contributed by atoms with E-state index in [1.54, 1.807) is 0 Å². The van der Waals surface area contributed by atoms with E-state index in [0.717, 1.165) is 12.8 Å². The average molecular weight is 567 g/mol. The van der Waals surface area contributed by atoms with E-state index < -0.39 is 0 Å². The molecule has 0 radical (unpaired) electrons. The van der Waals surface area contributed by atoms with Crippen LogP contribution in [0.4, 0.5) is 0 Å². The molecule has 0 amide bonds. The van der Waals surface area contributed by atoms with Crippen LogP contribution in [0.5, 0.6) is 0 Å². The molecular formula is C42H30S. The van der Waals surface area contributed by atoms with Gasteiger partial charge in [0.25, 0.3) is 0 Å². The van der Waals surface area contributed by atoms with Crippen molar-refractivity contribution in [3.05, 3.63) is 179 Å². The average Bonchev–Trinajstić information content (AvgIpc) is 3.46. The molecule has 1 heterocycles. The molecule has 0 saturated heterocycles. The Morgan fingerprint density at radius 3 is 1.70 bits per heavy atom. The number of allylic oxidation sites excluding steroid dienone is 4. The Bertz CT molecular complexity index is 2330. The molecule has 7 aromatic rings. The molecule has 0 unspecified atom stereocenters. The van der Waals surface area contributed by atoms with Gasteiger partial charge in [0.2, 0.25) is 0 Å². The number of fused-ring (bicyclic) bond motifs is 5. The molecule has 0 bridgehead atoms. The van der Waals surface area contributed by atoms with Gasteiger partial charge >= 0.3 is 0 Å². The van der Waals surface area contributed by atoms with Gasteiger partial charge in [0.15, 0.2) is 0 Å². The first-order valence-corrected chi connectivity index (χ1v) is 15.8. The molecule has 0 saturated carbocycles. The summed E-state index contributed by atoms with van der Waals surface area (Å²) >= 11 is 1.89. The minimum absolute atomic E-state index is 0.856. The van der Waals surface area contributed by atoms with E-state index >= 15 is 0 Å². The molecule has 8 rings (SSSR count). The van der Waals surface area contributed by atoms with Crippen LogP contribution in [0.2, 0.25) is 0 Å². The second kappa shape index (κ2) is 11.0. The predicted molar refractivity (Wildman–Crippen MR) is 187 cm³/mol. The molecule has 0 atom stereocenters. The van der Waals surface area contributed by atoms with Crippen LogP contribution in [0.1, 0.15) is 24.0 Å². The third-order valence-electron chi connectivity index (χ3n) is 8.67. The monoisotopic (exact) mass is 566 g/mol. The Balaban J connectivity index is 1.48. The van der Waals surface area contributed by atoms with Crippen LogP contribution in [0.25, 0.3) is 53.2 Å². The first-order valence-electron chi connectivity index (χ1n) is 15.0. The van der Waals surface area contributed by atoms with E-state index in [0.29, 0.717) is 0 Å². The van der Waals surface area contributed by atoms with Crippen molar-refractivity contribution in [1.82, 2.24) is 0 Å². The molecule has 0 spiro atoms. The highest BCUT2D eigenvalue weighted by Crippen LogP contribution is 2.39. The molecule has 43 heavy (non-hydrogen) atoms. The third-order valence-corrected chi connectivity index (χ3v) is 9.80. The van der Waals surface area contributed by atoms with E-state index in [9.17, 15) is 0 Å². The molecule has 1 heteroatoms. The molecule has 6 aromatic carbocycles. The molecule has 0 aliphatic heterocycles. The molecule has 1 aliphatic rings. The van der Waals surface area contributed by atoms with Gasteiger partial charge in [-0.15, -0.1) is 11.3 Å². The Labute approximate surface area is 255 Å². The van der Waals surface area contributed by atoms with Crippen molar-refractivity contribution in [2.75, 3.05) is 0 Å². The van der Waals surface area contributed by atoms with Crippen LogP contribution >= 0.6 is 11.3 Å². The van der Waals surface area contributed by atoms with Gasteiger partial charge < -0.3 is 0 Å². The van der Waals surface area contributed by atoms with Crippen LogP contribution in [0.3, 0.4) is 0 Å². The summed E-state index contributed by atoms with van der Waals surface area (Å²) in [4.78, 5) is 0. The Morgan fingerprint density at radius 2 is 0.953 bits per heavy atom. The Morgan fingerprint density at radius 1 is 0.395 bits per heavy atom. The first-order chi connectivity index (χ1) is 21.4. The van der Waals surface area contributed by atoms with Crippen LogP contribution < -0.4 is 10.4 Å². The molecule has 0 nitrogen and oxygen atoms in total. The fourth-order valence-electron chi connectivity index (χ4n) is 6.73. The van der Waals surface area contributed by atoms with Crippen molar-refractivity contribution in [3.63, 3.8) is 0 Å². The minimum atomic E-state index is 0.856. The lowest BCUT2D eigenvalue weighted by atomic mass is 9.88. The lowest BCUT2D eigenvalue weighted by Crippen LogP contribution is -2.30. The highest BCUT2D eigenvalue weighted by molar-refractivity contribution is 7.25. The van der Waals surface area contributed by atoms with Gasteiger partial charge in [-0.25, -0.2) is 0 Å². The largest absolute Gasteiger partial charge is 0.135 e. The molecule has 1 aromatic heterocycles. The molecule has 204 valence electrons. The number of rotatable bonds is 3. The second-order valence-corrected chi connectivity index (χ2v) is 12.2. The summed E-state index contributed by atoms with van der Waals surface area (Å²) in [5.41, 5.74) is 7.89. The SMILES string of the molecule is C1=C\C/C(c2ccc(-c3ccccc3)c3ccccc23)=c2/cccc/c2=C(\c2cccc3sc4ccccc4c23)C\C=C/1. The van der Waals surface area contributed by atoms with Crippen LogP contribution in [0.15, 0.2) is 158 Å². The summed E-state index contributed by atoms with van der Waals surface area (Å²) in [7, 11) is 0. The van der Waals surface area contributed by atoms with E-state index in [1.165, 1.54) is 74.8 Å². The van der Waals surface area contributed by atoms with Gasteiger partial charge in [-0.2, -0.15) is 0 Å². The zero-order valence-electron chi connectivity index (χ0n) is 23.8. The summed E-state index contributed by atoms with van der Waals surface area (Å²) in [5.74, 6) is 0. The lowest BCUT2D eigenvalue weighted by molar-refractivity contribution is 1.29. The number of hydrogen-bond acceptors (Lipinski definition) is 1. The van der Waals surface area contributed by atoms with Crippen molar-refractivity contribution < 1.29 is 0 Å². The van der Waals surface area contributed by atoms with E-state index in [2.05, 4.69) is 158 Å². The molecule has 0 fully saturated rings. The molecule has 1 aliphatic carbocycles. The quantitative estimate of drug-likeness (QED) is 0.200. The van der Waals surface area contributed by atoms with E-state index in [1.807, 2.05) is 11.3 Å². The van der Waals surface area contributed by atoms with Gasteiger partial charge in [-0.05, 0) is 79.6 Å². The first kappa shape index (κ1) is 25.7. The van der Waals surface area contributed by atoms with Gasteiger partial charge in [0.1, 0.15) is 0 Å². The van der Waals surface area contributed by atoms with Crippen LogP contribution in [-0.2, 0) is 0 Å². The van der Waals surface area contributed by atoms with E-state index in [4.69, 9.17) is 0 Å². The maximum atomic E-state index is 2.35. The van der Waals surface area contributed by atoms with Gasteiger partial charge in [-0.1, -0.05) is 146 Å². The lowest BCUT2D eigenvalue weighted by Gasteiger charge is -2.16. The highest BCUT2D eigenvalue weighted by Gasteiger charge is 2.15. The third kappa shape index (κ3) is 4.54. The molecular weight excluding hydrogens is 537 g/mol. The fraction of sp³-hybridized carbons (Fsp3) is 0.0476. The Kier molecular flexibility index (Phi) is 6.59. The number of thiophene rings is 1. The molecule has 0 N–H and O–H groups in total. The zero-order chi connectivity index (χ0) is 28.6. The van der Waals surface area contributed by atoms with Crippen molar-refractivity contribution in [3.8, 4) is 11.1 Å². The summed E-state index contributed by atoms with van der Waals surface area (Å²) in [6.07, 6.45) is 10.8. The standard InChI is InChI=1S/C42H30S/c1-2-7-18-36(38-24-14-26-41-42(38)39-23-12-13-25-40(39)43-41)34-22-11-10-21-33(34)35(17-6-1)37-28-27-30(29-15-4-3-5-16-29)31-19-8-9-20-32(31)37/h1-16,19-28H,17-18H2/b6-1-,7-2-,35-33+,36-34+. The summed E-state index contributed by atoms with van der Waals surface area (Å²) in [6, 6.07) is 49.0. The maximum absolute atomic E-state index is 2.35. The summed E-state index contributed by atoms with van der Waals surface area (Å²) in [5, 5.41) is 7.92.